The highest BCUT2D eigenvalue weighted by Gasteiger charge is 2.30. The van der Waals surface area contributed by atoms with Gasteiger partial charge in [-0.25, -0.2) is 22.2 Å². The van der Waals surface area contributed by atoms with Gasteiger partial charge in [-0.2, -0.15) is 4.31 Å². The molecule has 6 nitrogen and oxygen atoms in total. The molecular formula is C14H17ClF2N4O2S2. The van der Waals surface area contributed by atoms with Crippen molar-refractivity contribution in [2.75, 3.05) is 31.9 Å². The van der Waals surface area contributed by atoms with Crippen molar-refractivity contribution >= 4 is 38.9 Å². The van der Waals surface area contributed by atoms with E-state index in [-0.39, 0.29) is 25.5 Å². The highest BCUT2D eigenvalue weighted by atomic mass is 35.5. The summed E-state index contributed by atoms with van der Waals surface area (Å²) in [5, 5.41) is 0.498. The summed E-state index contributed by atoms with van der Waals surface area (Å²) >= 11 is 1.40. The number of thiazole rings is 1. The minimum absolute atomic E-state index is 0. The molecule has 1 fully saturated rings. The van der Waals surface area contributed by atoms with Crippen molar-refractivity contribution in [2.24, 2.45) is 0 Å². The lowest BCUT2D eigenvalue weighted by atomic mass is 10.3. The molecule has 1 aliphatic rings. The van der Waals surface area contributed by atoms with E-state index in [1.807, 2.05) is 0 Å². The van der Waals surface area contributed by atoms with Crippen molar-refractivity contribution in [1.29, 1.82) is 0 Å². The van der Waals surface area contributed by atoms with Gasteiger partial charge >= 0.3 is 0 Å². The highest BCUT2D eigenvalue weighted by molar-refractivity contribution is 7.89. The van der Waals surface area contributed by atoms with Gasteiger partial charge in [0.1, 0.15) is 16.5 Å². The van der Waals surface area contributed by atoms with E-state index in [1.54, 1.807) is 6.20 Å². The number of hydrogen-bond donors (Lipinski definition) is 1. The molecule has 0 aliphatic carbocycles. The van der Waals surface area contributed by atoms with E-state index in [0.717, 1.165) is 17.0 Å². The van der Waals surface area contributed by atoms with Crippen LogP contribution in [0, 0.1) is 11.6 Å². The smallest absolute Gasteiger partial charge is 0.246 e. The first-order chi connectivity index (χ1) is 11.4. The van der Waals surface area contributed by atoms with E-state index < -0.39 is 26.6 Å². The maximum absolute atomic E-state index is 13.8. The minimum atomic E-state index is -3.97. The number of sulfonamides is 1. The fourth-order valence-corrected chi connectivity index (χ4v) is 4.76. The van der Waals surface area contributed by atoms with Crippen molar-refractivity contribution in [3.63, 3.8) is 0 Å². The number of nitrogen functional groups attached to an aromatic ring is 1. The lowest BCUT2D eigenvalue weighted by Crippen LogP contribution is -2.48. The molecule has 2 N–H and O–H groups in total. The average Bonchev–Trinajstić information content (AvgIpc) is 2.92. The summed E-state index contributed by atoms with van der Waals surface area (Å²) in [7, 11) is -3.97. The van der Waals surface area contributed by atoms with Crippen LogP contribution in [0.15, 0.2) is 29.3 Å². The predicted octanol–water partition coefficient (Wildman–Crippen LogP) is 1.93. The van der Waals surface area contributed by atoms with Crippen LogP contribution in [0.2, 0.25) is 0 Å². The predicted molar refractivity (Wildman–Crippen MR) is 94.2 cm³/mol. The molecule has 0 unspecified atom stereocenters. The zero-order chi connectivity index (χ0) is 17.3. The van der Waals surface area contributed by atoms with E-state index in [2.05, 4.69) is 9.88 Å². The van der Waals surface area contributed by atoms with E-state index in [4.69, 9.17) is 5.73 Å². The van der Waals surface area contributed by atoms with E-state index >= 15 is 0 Å². The molecule has 1 saturated heterocycles. The van der Waals surface area contributed by atoms with Crippen molar-refractivity contribution in [1.82, 2.24) is 14.2 Å². The quantitative estimate of drug-likeness (QED) is 0.833. The van der Waals surface area contributed by atoms with Gasteiger partial charge in [0.25, 0.3) is 0 Å². The second-order valence-corrected chi connectivity index (χ2v) is 8.47. The molecular weight excluding hydrogens is 394 g/mol. The molecule has 1 aromatic heterocycles. The number of benzene rings is 1. The highest BCUT2D eigenvalue weighted by Crippen LogP contribution is 2.23. The van der Waals surface area contributed by atoms with Crippen LogP contribution >= 0.6 is 23.7 Å². The Morgan fingerprint density at radius 1 is 1.20 bits per heavy atom. The van der Waals surface area contributed by atoms with Crippen molar-refractivity contribution < 1.29 is 17.2 Å². The van der Waals surface area contributed by atoms with Crippen LogP contribution in [0.5, 0.6) is 0 Å². The van der Waals surface area contributed by atoms with Gasteiger partial charge in [-0.05, 0) is 12.1 Å². The molecule has 3 rings (SSSR count). The van der Waals surface area contributed by atoms with Crippen molar-refractivity contribution in [3.8, 4) is 0 Å². The number of nitrogens with two attached hydrogens (primary N) is 1. The summed E-state index contributed by atoms with van der Waals surface area (Å²) in [5.41, 5.74) is 5.59. The van der Waals surface area contributed by atoms with Gasteiger partial charge in [-0.15, -0.1) is 23.7 Å². The van der Waals surface area contributed by atoms with E-state index in [0.29, 0.717) is 30.8 Å². The number of hydrogen-bond acceptors (Lipinski definition) is 6. The van der Waals surface area contributed by atoms with Crippen LogP contribution in [0.3, 0.4) is 0 Å². The zero-order valence-corrected chi connectivity index (χ0v) is 15.5. The molecule has 25 heavy (non-hydrogen) atoms. The van der Waals surface area contributed by atoms with E-state index in [9.17, 15) is 17.2 Å². The van der Waals surface area contributed by atoms with Gasteiger partial charge in [-0.3, -0.25) is 4.90 Å². The Bertz CT molecular complexity index is 839. The maximum Gasteiger partial charge on any atom is 0.246 e. The van der Waals surface area contributed by atoms with Crippen molar-refractivity contribution in [2.45, 2.75) is 11.4 Å². The maximum atomic E-state index is 13.8. The molecule has 0 bridgehead atoms. The van der Waals surface area contributed by atoms with Crippen LogP contribution < -0.4 is 5.73 Å². The van der Waals surface area contributed by atoms with Gasteiger partial charge in [0.2, 0.25) is 10.0 Å². The van der Waals surface area contributed by atoms with Gasteiger partial charge in [0, 0.05) is 49.9 Å². The van der Waals surface area contributed by atoms with Crippen molar-refractivity contribution in [3.05, 3.63) is 40.9 Å². The Morgan fingerprint density at radius 3 is 2.44 bits per heavy atom. The Kier molecular flexibility index (Phi) is 6.33. The first-order valence-corrected chi connectivity index (χ1v) is 9.49. The molecule has 11 heteroatoms. The van der Waals surface area contributed by atoms with Crippen LogP contribution in [0.25, 0.3) is 0 Å². The standard InChI is InChI=1S/C14H16F2N4O2S2.ClH/c15-10-1-2-13(12(16)7-10)24(21,22)20-5-3-19(4-6-20)9-11-8-18-14(17)23-11;/h1-2,7-8H,3-6,9H2,(H2,17,18);1H. The van der Waals surface area contributed by atoms with Crippen LogP contribution in [-0.4, -0.2) is 48.8 Å². The first-order valence-electron chi connectivity index (χ1n) is 7.24. The largest absolute Gasteiger partial charge is 0.375 e. The number of halogens is 3. The molecule has 0 amide bonds. The molecule has 0 atom stereocenters. The Labute approximate surface area is 154 Å². The Morgan fingerprint density at radius 2 is 1.88 bits per heavy atom. The molecule has 0 spiro atoms. The SMILES string of the molecule is Cl.Nc1ncc(CN2CCN(S(=O)(=O)c3ccc(F)cc3F)CC2)s1. The lowest BCUT2D eigenvalue weighted by Gasteiger charge is -2.33. The number of rotatable bonds is 4. The zero-order valence-electron chi connectivity index (χ0n) is 13.1. The normalized spacial score (nSPS) is 16.6. The first kappa shape index (κ1) is 20.0. The van der Waals surface area contributed by atoms with Gasteiger partial charge in [0.05, 0.1) is 0 Å². The molecule has 2 heterocycles. The third-order valence-electron chi connectivity index (χ3n) is 3.79. The van der Waals surface area contributed by atoms with Gasteiger partial charge < -0.3 is 5.73 Å². The van der Waals surface area contributed by atoms with Crippen LogP contribution in [-0.2, 0) is 16.6 Å². The third-order valence-corrected chi connectivity index (χ3v) is 6.54. The van der Waals surface area contributed by atoms with Crippen LogP contribution in [0.1, 0.15) is 4.88 Å². The summed E-state index contributed by atoms with van der Waals surface area (Å²) in [5.74, 6) is -1.88. The summed E-state index contributed by atoms with van der Waals surface area (Å²) < 4.78 is 53.0. The van der Waals surface area contributed by atoms with Crippen LogP contribution in [0.4, 0.5) is 13.9 Å². The van der Waals surface area contributed by atoms with Gasteiger partial charge in [0.15, 0.2) is 5.13 Å². The number of anilines is 1. The fraction of sp³-hybridized carbons (Fsp3) is 0.357. The molecule has 2 aromatic rings. The topological polar surface area (TPSA) is 79.5 Å². The molecule has 1 aliphatic heterocycles. The second-order valence-electron chi connectivity index (χ2n) is 5.42. The summed E-state index contributed by atoms with van der Waals surface area (Å²) in [6.45, 7) is 2.16. The summed E-state index contributed by atoms with van der Waals surface area (Å²) in [6.07, 6.45) is 1.71. The second kappa shape index (κ2) is 7.92. The Hall–Kier alpha value is -1.33. The van der Waals surface area contributed by atoms with Gasteiger partial charge in [-0.1, -0.05) is 0 Å². The molecule has 0 radical (unpaired) electrons. The summed E-state index contributed by atoms with van der Waals surface area (Å²) in [4.78, 5) is 6.58. The third kappa shape index (κ3) is 4.45. The summed E-state index contributed by atoms with van der Waals surface area (Å²) in [6, 6.07) is 2.49. The number of piperazine rings is 1. The lowest BCUT2D eigenvalue weighted by molar-refractivity contribution is 0.182. The molecule has 1 aromatic carbocycles. The van der Waals surface area contributed by atoms with E-state index in [1.165, 1.54) is 15.6 Å². The fourth-order valence-electron chi connectivity index (χ4n) is 2.57. The number of aromatic nitrogens is 1. The Balaban J connectivity index is 0.00000225. The monoisotopic (exact) mass is 410 g/mol. The number of nitrogens with zero attached hydrogens (tertiary/aromatic N) is 3. The average molecular weight is 411 g/mol. The molecule has 0 saturated carbocycles. The minimum Gasteiger partial charge on any atom is -0.375 e. The molecule has 138 valence electrons.